The molecule has 0 aliphatic heterocycles. The highest BCUT2D eigenvalue weighted by atomic mass is 35.5. The third kappa shape index (κ3) is 3.21. The normalized spacial score (nSPS) is 9.78. The molecule has 0 rings (SSSR count). The van der Waals surface area contributed by atoms with Crippen LogP contribution in [0, 0.1) is 16.7 Å². The van der Waals surface area contributed by atoms with Crippen molar-refractivity contribution in [1.82, 2.24) is 0 Å². The standard InChI is InChI=1S/C8H11Cl/c1-7(5-6-9)8(2,3)4/h1H2,2-4H3. The molecule has 0 atom stereocenters. The Morgan fingerprint density at radius 1 is 1.44 bits per heavy atom. The molecule has 0 amide bonds. The predicted molar refractivity (Wildman–Crippen MR) is 42.2 cm³/mol. The molecular weight excluding hydrogens is 132 g/mol. The van der Waals surface area contributed by atoms with Crippen LogP contribution in [-0.2, 0) is 0 Å². The monoisotopic (exact) mass is 142 g/mol. The molecule has 50 valence electrons. The highest BCUT2D eigenvalue weighted by molar-refractivity contribution is 6.30. The van der Waals surface area contributed by atoms with Gasteiger partial charge in [-0.25, -0.2) is 0 Å². The lowest BCUT2D eigenvalue weighted by molar-refractivity contribution is 0.523. The van der Waals surface area contributed by atoms with E-state index in [1.54, 1.807) is 0 Å². The maximum atomic E-state index is 5.18. The second kappa shape index (κ2) is 2.94. The average Bonchev–Trinajstić information content (AvgIpc) is 1.64. The van der Waals surface area contributed by atoms with Crippen LogP contribution in [-0.4, -0.2) is 0 Å². The van der Waals surface area contributed by atoms with Gasteiger partial charge in [0, 0.05) is 11.0 Å². The summed E-state index contributed by atoms with van der Waals surface area (Å²) in [5.41, 5.74) is 0.930. The third-order valence-electron chi connectivity index (χ3n) is 1.10. The van der Waals surface area contributed by atoms with Gasteiger partial charge in [-0.15, -0.1) is 0 Å². The number of hydrogen-bond acceptors (Lipinski definition) is 0. The minimum absolute atomic E-state index is 0.0574. The molecule has 0 radical (unpaired) electrons. The van der Waals surface area contributed by atoms with Gasteiger partial charge in [-0.1, -0.05) is 33.3 Å². The van der Waals surface area contributed by atoms with Crippen LogP contribution in [0.15, 0.2) is 12.2 Å². The first-order valence-corrected chi connectivity index (χ1v) is 3.17. The zero-order chi connectivity index (χ0) is 7.49. The lowest BCUT2D eigenvalue weighted by Crippen LogP contribution is -2.05. The Bertz CT molecular complexity index is 161. The summed E-state index contributed by atoms with van der Waals surface area (Å²) < 4.78 is 0. The van der Waals surface area contributed by atoms with Crippen LogP contribution in [0.5, 0.6) is 0 Å². The Kier molecular flexibility index (Phi) is 2.81. The second-order valence-corrected chi connectivity index (χ2v) is 3.14. The fourth-order valence-electron chi connectivity index (χ4n) is 0.245. The summed E-state index contributed by atoms with van der Waals surface area (Å²) in [6, 6.07) is 0. The van der Waals surface area contributed by atoms with Crippen LogP contribution < -0.4 is 0 Å². The molecule has 0 fully saturated rings. The third-order valence-corrected chi connectivity index (χ3v) is 1.20. The quantitative estimate of drug-likeness (QED) is 0.457. The molecule has 0 nitrogen and oxygen atoms in total. The number of allylic oxidation sites excluding steroid dienone is 1. The summed E-state index contributed by atoms with van der Waals surface area (Å²) in [5.74, 6) is 2.71. The molecule has 1 heteroatoms. The Balaban J connectivity index is 4.17. The van der Waals surface area contributed by atoms with E-state index in [9.17, 15) is 0 Å². The van der Waals surface area contributed by atoms with Gasteiger partial charge in [0.15, 0.2) is 0 Å². The van der Waals surface area contributed by atoms with E-state index in [1.165, 1.54) is 0 Å². The zero-order valence-electron chi connectivity index (χ0n) is 6.09. The molecule has 9 heavy (non-hydrogen) atoms. The Labute approximate surface area is 61.9 Å². The van der Waals surface area contributed by atoms with Crippen molar-refractivity contribution in [3.05, 3.63) is 12.2 Å². The number of rotatable bonds is 0. The van der Waals surface area contributed by atoms with Crippen molar-refractivity contribution in [2.75, 3.05) is 0 Å². The van der Waals surface area contributed by atoms with E-state index in [0.29, 0.717) is 0 Å². The van der Waals surface area contributed by atoms with Crippen molar-refractivity contribution in [3.8, 4) is 11.3 Å². The topological polar surface area (TPSA) is 0 Å². The van der Waals surface area contributed by atoms with Crippen molar-refractivity contribution >= 4 is 11.6 Å². The smallest absolute Gasteiger partial charge is 0.00918 e. The fourth-order valence-corrected chi connectivity index (χ4v) is 0.359. The van der Waals surface area contributed by atoms with Crippen LogP contribution in [0.2, 0.25) is 0 Å². The Morgan fingerprint density at radius 2 is 1.89 bits per heavy atom. The van der Waals surface area contributed by atoms with Crippen LogP contribution >= 0.6 is 11.6 Å². The van der Waals surface area contributed by atoms with Crippen LogP contribution in [0.25, 0.3) is 0 Å². The fraction of sp³-hybridized carbons (Fsp3) is 0.500. The van der Waals surface area contributed by atoms with Crippen molar-refractivity contribution in [2.24, 2.45) is 5.41 Å². The van der Waals surface area contributed by atoms with Gasteiger partial charge in [-0.3, -0.25) is 0 Å². The van der Waals surface area contributed by atoms with Gasteiger partial charge < -0.3 is 0 Å². The molecule has 0 aliphatic carbocycles. The summed E-state index contributed by atoms with van der Waals surface area (Å²) in [6.07, 6.45) is 0. The van der Waals surface area contributed by atoms with E-state index >= 15 is 0 Å². The molecule has 0 aliphatic rings. The lowest BCUT2D eigenvalue weighted by Gasteiger charge is -2.15. The Hall–Kier alpha value is -0.410. The molecule has 0 aromatic heterocycles. The molecular formula is C8H11Cl. The first-order chi connectivity index (χ1) is 3.98. The highest BCUT2D eigenvalue weighted by Gasteiger charge is 2.11. The van der Waals surface area contributed by atoms with E-state index in [1.807, 2.05) is 0 Å². The molecule has 0 unspecified atom stereocenters. The summed E-state index contributed by atoms with van der Waals surface area (Å²) in [4.78, 5) is 0. The highest BCUT2D eigenvalue weighted by Crippen LogP contribution is 2.22. The van der Waals surface area contributed by atoms with Crippen molar-refractivity contribution in [1.29, 1.82) is 0 Å². The summed E-state index contributed by atoms with van der Waals surface area (Å²) in [5, 5.41) is 2.30. The molecule has 0 bridgehead atoms. The summed E-state index contributed by atoms with van der Waals surface area (Å²) >= 11 is 5.18. The Morgan fingerprint density at radius 3 is 2.00 bits per heavy atom. The van der Waals surface area contributed by atoms with Gasteiger partial charge in [-0.05, 0) is 17.0 Å². The lowest BCUT2D eigenvalue weighted by atomic mass is 9.88. The minimum atomic E-state index is 0.0574. The number of hydrogen-bond donors (Lipinski definition) is 0. The largest absolute Gasteiger partial charge is 0.0868 e. The van der Waals surface area contributed by atoms with Gasteiger partial charge in [-0.2, -0.15) is 0 Å². The van der Waals surface area contributed by atoms with Crippen molar-refractivity contribution in [2.45, 2.75) is 20.8 Å². The second-order valence-electron chi connectivity index (χ2n) is 2.95. The maximum Gasteiger partial charge on any atom is 0.00918 e. The minimum Gasteiger partial charge on any atom is -0.0868 e. The molecule has 0 heterocycles. The predicted octanol–water partition coefficient (Wildman–Crippen LogP) is 2.79. The van der Waals surface area contributed by atoms with Crippen LogP contribution in [0.4, 0.5) is 0 Å². The van der Waals surface area contributed by atoms with Gasteiger partial charge in [0.05, 0.1) is 0 Å². The molecule has 0 saturated heterocycles. The van der Waals surface area contributed by atoms with E-state index in [4.69, 9.17) is 11.6 Å². The average molecular weight is 143 g/mol. The van der Waals surface area contributed by atoms with E-state index < -0.39 is 0 Å². The first kappa shape index (κ1) is 8.59. The van der Waals surface area contributed by atoms with E-state index in [2.05, 4.69) is 38.7 Å². The molecule has 0 spiro atoms. The maximum absolute atomic E-state index is 5.18. The molecule has 0 aromatic carbocycles. The molecule has 0 aromatic rings. The van der Waals surface area contributed by atoms with Gasteiger partial charge in [0.25, 0.3) is 0 Å². The van der Waals surface area contributed by atoms with Crippen molar-refractivity contribution < 1.29 is 0 Å². The summed E-state index contributed by atoms with van der Waals surface area (Å²) in [6.45, 7) is 9.91. The van der Waals surface area contributed by atoms with Gasteiger partial charge in [0.2, 0.25) is 0 Å². The zero-order valence-corrected chi connectivity index (χ0v) is 6.84. The van der Waals surface area contributed by atoms with Crippen LogP contribution in [0.3, 0.4) is 0 Å². The number of halogens is 1. The SMILES string of the molecule is C=C(C#CCl)C(C)(C)C. The van der Waals surface area contributed by atoms with Gasteiger partial charge >= 0.3 is 0 Å². The van der Waals surface area contributed by atoms with Gasteiger partial charge in [0.1, 0.15) is 0 Å². The molecule has 0 N–H and O–H groups in total. The van der Waals surface area contributed by atoms with Crippen molar-refractivity contribution in [3.63, 3.8) is 0 Å². The van der Waals surface area contributed by atoms with Crippen LogP contribution in [0.1, 0.15) is 20.8 Å². The molecule has 0 saturated carbocycles. The van der Waals surface area contributed by atoms with E-state index in [0.717, 1.165) is 5.57 Å². The van der Waals surface area contributed by atoms with E-state index in [-0.39, 0.29) is 5.41 Å². The first-order valence-electron chi connectivity index (χ1n) is 2.79. The summed E-state index contributed by atoms with van der Waals surface area (Å²) in [7, 11) is 0.